The summed E-state index contributed by atoms with van der Waals surface area (Å²) < 4.78 is 30.2. The zero-order chi connectivity index (χ0) is 22.7. The van der Waals surface area contributed by atoms with E-state index in [1.54, 1.807) is 40.9 Å². The molecular weight excluding hydrogens is 440 g/mol. The van der Waals surface area contributed by atoms with E-state index in [0.717, 1.165) is 19.2 Å². The van der Waals surface area contributed by atoms with Crippen molar-refractivity contribution in [2.45, 2.75) is 20.8 Å². The van der Waals surface area contributed by atoms with E-state index in [1.807, 2.05) is 0 Å². The van der Waals surface area contributed by atoms with Crippen LogP contribution < -0.4 is 5.73 Å². The molecule has 0 aliphatic heterocycles. The number of nitrogens with two attached hydrogens (primary N) is 1. The lowest BCUT2D eigenvalue weighted by molar-refractivity contribution is 0.239. The molecular formula is C27H19F2NS2. The van der Waals surface area contributed by atoms with E-state index < -0.39 is 17.3 Å². The van der Waals surface area contributed by atoms with Crippen molar-refractivity contribution in [3.8, 4) is 23.7 Å². The van der Waals surface area contributed by atoms with E-state index in [9.17, 15) is 8.78 Å². The predicted octanol–water partition coefficient (Wildman–Crippen LogP) is 7.33. The average molecular weight is 460 g/mol. The van der Waals surface area contributed by atoms with Crippen LogP contribution in [0.15, 0.2) is 48.6 Å². The first-order valence-corrected chi connectivity index (χ1v) is 11.7. The minimum absolute atomic E-state index is 0.0849. The molecule has 0 amide bonds. The number of rotatable bonds is 0. The van der Waals surface area contributed by atoms with Gasteiger partial charge in [-0.15, -0.1) is 22.7 Å². The van der Waals surface area contributed by atoms with Crippen LogP contribution >= 0.6 is 22.7 Å². The molecule has 0 spiro atoms. The van der Waals surface area contributed by atoms with Crippen LogP contribution in [0.3, 0.4) is 0 Å². The van der Waals surface area contributed by atoms with Gasteiger partial charge in [0.1, 0.15) is 11.5 Å². The maximum Gasteiger partial charge on any atom is 0.156 e. The fourth-order valence-electron chi connectivity index (χ4n) is 3.58. The van der Waals surface area contributed by atoms with Gasteiger partial charge in [0.25, 0.3) is 0 Å². The Labute approximate surface area is 193 Å². The van der Waals surface area contributed by atoms with Gasteiger partial charge in [-0.3, -0.25) is 0 Å². The summed E-state index contributed by atoms with van der Waals surface area (Å²) >= 11 is 3.29. The lowest BCUT2D eigenvalue weighted by atomic mass is 9.59. The van der Waals surface area contributed by atoms with Crippen molar-refractivity contribution in [3.05, 3.63) is 75.5 Å². The third-order valence-electron chi connectivity index (χ3n) is 6.22. The third-order valence-corrected chi connectivity index (χ3v) is 8.34. The number of hydrogen-bond donors (Lipinski definition) is 1. The van der Waals surface area contributed by atoms with E-state index in [-0.39, 0.29) is 16.2 Å². The van der Waals surface area contributed by atoms with Crippen molar-refractivity contribution in [1.82, 2.24) is 0 Å². The van der Waals surface area contributed by atoms with Crippen LogP contribution in [0.1, 0.15) is 36.1 Å². The highest BCUT2D eigenvalue weighted by molar-refractivity contribution is 7.28. The number of allylic oxidation sites excluding steroid dienone is 2. The van der Waals surface area contributed by atoms with Crippen molar-refractivity contribution in [2.75, 3.05) is 5.73 Å². The second kappa shape index (κ2) is 7.20. The van der Waals surface area contributed by atoms with E-state index >= 15 is 0 Å². The van der Waals surface area contributed by atoms with Crippen LogP contribution in [0, 0.1) is 46.1 Å². The normalized spacial score (nSPS) is 18.7. The Balaban J connectivity index is 1.40. The Morgan fingerprint density at radius 2 is 1.53 bits per heavy atom. The van der Waals surface area contributed by atoms with Gasteiger partial charge in [-0.25, -0.2) is 8.78 Å². The van der Waals surface area contributed by atoms with Crippen LogP contribution in [0.25, 0.3) is 20.2 Å². The summed E-state index contributed by atoms with van der Waals surface area (Å²) in [5.41, 5.74) is 5.68. The van der Waals surface area contributed by atoms with Crippen LogP contribution in [0.4, 0.5) is 14.5 Å². The third kappa shape index (κ3) is 3.39. The van der Waals surface area contributed by atoms with Crippen LogP contribution in [0.2, 0.25) is 0 Å². The SMILES string of the molecule is CC1(C)C=C[C@]1(C)C#Cc1cc2sc(C#Cc3ccc4c(F)c(N)c(F)cc4c3)cc2s1. The van der Waals surface area contributed by atoms with Gasteiger partial charge in [-0.1, -0.05) is 55.7 Å². The molecule has 0 saturated carbocycles. The van der Waals surface area contributed by atoms with Gasteiger partial charge in [-0.2, -0.15) is 0 Å². The topological polar surface area (TPSA) is 26.0 Å². The zero-order valence-corrected chi connectivity index (χ0v) is 19.4. The van der Waals surface area contributed by atoms with Gasteiger partial charge < -0.3 is 5.73 Å². The summed E-state index contributed by atoms with van der Waals surface area (Å²) in [5.74, 6) is 11.5. The number of anilines is 1. The Morgan fingerprint density at radius 3 is 2.16 bits per heavy atom. The summed E-state index contributed by atoms with van der Waals surface area (Å²) in [5, 5.41) is 0.726. The van der Waals surface area contributed by atoms with Gasteiger partial charge in [0.2, 0.25) is 0 Å². The van der Waals surface area contributed by atoms with Gasteiger partial charge in [0.05, 0.1) is 15.2 Å². The molecule has 1 atom stereocenters. The van der Waals surface area contributed by atoms with E-state index in [1.165, 1.54) is 6.07 Å². The Kier molecular flexibility index (Phi) is 4.67. The molecule has 0 radical (unpaired) electrons. The summed E-state index contributed by atoms with van der Waals surface area (Å²) in [6, 6.07) is 10.4. The standard InChI is InChI=1S/C27H19F2NS2/c1-26(2)10-11-27(26,3)9-8-19-15-23-22(32-19)14-18(31-23)6-4-16-5-7-20-17(12-16)13-21(28)25(30)24(20)29/h5,7,10-15H,30H2,1-3H3/t27-/m0/s1. The summed E-state index contributed by atoms with van der Waals surface area (Å²) in [6.07, 6.45) is 4.38. The molecule has 0 fully saturated rings. The summed E-state index contributed by atoms with van der Waals surface area (Å²) in [7, 11) is 0. The average Bonchev–Trinajstić information content (AvgIpc) is 3.32. The quantitative estimate of drug-likeness (QED) is 0.166. The molecule has 1 aliphatic rings. The van der Waals surface area contributed by atoms with Gasteiger partial charge in [0, 0.05) is 25.8 Å². The fourth-order valence-corrected chi connectivity index (χ4v) is 5.68. The van der Waals surface area contributed by atoms with Crippen LogP contribution in [-0.4, -0.2) is 0 Å². The molecule has 2 heterocycles. The molecule has 158 valence electrons. The Morgan fingerprint density at radius 1 is 0.844 bits per heavy atom. The maximum absolute atomic E-state index is 14.1. The predicted molar refractivity (Wildman–Crippen MR) is 132 cm³/mol. The van der Waals surface area contributed by atoms with Crippen molar-refractivity contribution in [3.63, 3.8) is 0 Å². The second-order valence-corrected chi connectivity index (χ2v) is 10.9. The molecule has 2 aromatic carbocycles. The molecule has 1 nitrogen and oxygen atoms in total. The summed E-state index contributed by atoms with van der Waals surface area (Å²) in [4.78, 5) is 2.00. The number of thiophene rings is 2. The number of halogens is 2. The van der Waals surface area contributed by atoms with E-state index in [4.69, 9.17) is 5.73 Å². The Bertz CT molecular complexity index is 1530. The number of hydrogen-bond acceptors (Lipinski definition) is 3. The molecule has 0 bridgehead atoms. The molecule has 4 aromatic rings. The maximum atomic E-state index is 14.1. The highest BCUT2D eigenvalue weighted by Crippen LogP contribution is 2.49. The summed E-state index contributed by atoms with van der Waals surface area (Å²) in [6.45, 7) is 6.59. The number of benzene rings is 2. The van der Waals surface area contributed by atoms with Gasteiger partial charge >= 0.3 is 0 Å². The first-order valence-electron chi connectivity index (χ1n) is 10.1. The molecule has 2 N–H and O–H groups in total. The lowest BCUT2D eigenvalue weighted by Crippen LogP contribution is -2.37. The molecule has 32 heavy (non-hydrogen) atoms. The molecule has 0 unspecified atom stereocenters. The molecule has 2 aromatic heterocycles. The number of fused-ring (bicyclic) bond motifs is 2. The largest absolute Gasteiger partial charge is 0.394 e. The fraction of sp³-hybridized carbons (Fsp3) is 0.185. The minimum Gasteiger partial charge on any atom is -0.394 e. The van der Waals surface area contributed by atoms with Crippen molar-refractivity contribution in [1.29, 1.82) is 0 Å². The first-order chi connectivity index (χ1) is 15.1. The monoisotopic (exact) mass is 459 g/mol. The minimum atomic E-state index is -0.761. The molecule has 0 saturated heterocycles. The molecule has 5 rings (SSSR count). The second-order valence-electron chi connectivity index (χ2n) is 8.73. The van der Waals surface area contributed by atoms with Crippen LogP contribution in [0.5, 0.6) is 0 Å². The van der Waals surface area contributed by atoms with Crippen LogP contribution in [-0.2, 0) is 0 Å². The molecule has 5 heteroatoms. The van der Waals surface area contributed by atoms with Gasteiger partial charge in [0.15, 0.2) is 5.82 Å². The zero-order valence-electron chi connectivity index (χ0n) is 17.8. The Hall–Kier alpha value is -3.12. The highest BCUT2D eigenvalue weighted by Gasteiger charge is 2.42. The van der Waals surface area contributed by atoms with Crippen molar-refractivity contribution < 1.29 is 8.78 Å². The molecule has 1 aliphatic carbocycles. The van der Waals surface area contributed by atoms with Gasteiger partial charge in [-0.05, 0) is 42.6 Å². The van der Waals surface area contributed by atoms with Crippen molar-refractivity contribution >= 4 is 48.5 Å². The lowest BCUT2D eigenvalue weighted by Gasteiger charge is -2.43. The number of nitrogen functional groups attached to an aromatic ring is 1. The van der Waals surface area contributed by atoms with E-state index in [0.29, 0.717) is 10.9 Å². The smallest absolute Gasteiger partial charge is 0.156 e. The highest BCUT2D eigenvalue weighted by atomic mass is 32.1. The van der Waals surface area contributed by atoms with E-state index in [2.05, 4.69) is 68.7 Å². The first kappa shape index (κ1) is 20.8. The van der Waals surface area contributed by atoms with Crippen molar-refractivity contribution in [2.24, 2.45) is 10.8 Å².